The van der Waals surface area contributed by atoms with Gasteiger partial charge in [0, 0.05) is 37.3 Å². The molecule has 2 atom stereocenters. The number of halogens is 9. The molecule has 3 N–H and O–H groups in total. The zero-order valence-electron chi connectivity index (χ0n) is 26.1. The molecule has 3 aromatic rings. The molecular weight excluding hydrogens is 689 g/mol. The van der Waals surface area contributed by atoms with Gasteiger partial charge in [0.05, 0.1) is 34.3 Å². The number of carboxylic acid groups (broad SMARTS) is 2. The Bertz CT molecular complexity index is 1720. The van der Waals surface area contributed by atoms with Crippen LogP contribution in [0, 0.1) is 5.92 Å². The first-order chi connectivity index (χ1) is 23.3. The van der Waals surface area contributed by atoms with E-state index in [0.717, 1.165) is 23.1 Å². The number of anilines is 3. The van der Waals surface area contributed by atoms with Gasteiger partial charge < -0.3 is 20.4 Å². The van der Waals surface area contributed by atoms with Gasteiger partial charge in [-0.15, -0.1) is 0 Å². The first-order valence-corrected chi connectivity index (χ1v) is 15.4. The molecule has 18 heteroatoms. The molecule has 2 aliphatic rings. The highest BCUT2D eigenvalue weighted by Crippen LogP contribution is 2.43. The van der Waals surface area contributed by atoms with E-state index >= 15 is 0 Å². The number of fused-ring (bicyclic) bond motifs is 1. The van der Waals surface area contributed by atoms with Gasteiger partial charge in [0.15, 0.2) is 0 Å². The number of hydrogen-bond donors (Lipinski definition) is 3. The summed E-state index contributed by atoms with van der Waals surface area (Å²) in [7, 11) is 0. The number of aliphatic carboxylic acids is 1. The maximum atomic E-state index is 13.7. The molecule has 0 spiro atoms. The van der Waals surface area contributed by atoms with Crippen LogP contribution in [0.25, 0.3) is 0 Å². The third-order valence-electron chi connectivity index (χ3n) is 8.87. The summed E-state index contributed by atoms with van der Waals surface area (Å²) in [5, 5.41) is 22.3. The van der Waals surface area contributed by atoms with Gasteiger partial charge in [0.2, 0.25) is 5.95 Å². The number of piperidine rings is 1. The molecule has 0 radical (unpaired) electrons. The summed E-state index contributed by atoms with van der Waals surface area (Å²) in [4.78, 5) is 35.0. The summed E-state index contributed by atoms with van der Waals surface area (Å²) < 4.78 is 123. The van der Waals surface area contributed by atoms with Gasteiger partial charge in [0.1, 0.15) is 5.82 Å². The summed E-state index contributed by atoms with van der Waals surface area (Å²) in [6.45, 7) is 1.93. The number of amides is 1. The minimum atomic E-state index is -5.09. The average molecular weight is 720 g/mol. The molecule has 0 bridgehead atoms. The van der Waals surface area contributed by atoms with E-state index in [1.165, 1.54) is 6.20 Å². The molecule has 1 saturated heterocycles. The van der Waals surface area contributed by atoms with Gasteiger partial charge in [-0.25, -0.2) is 9.78 Å². The number of nitrogens with zero attached hydrogens (tertiary/aromatic N) is 4. The fraction of sp³-hybridized carbons (Fsp3) is 0.438. The molecule has 5 rings (SSSR count). The molecule has 50 heavy (non-hydrogen) atoms. The summed E-state index contributed by atoms with van der Waals surface area (Å²) in [5.41, 5.74) is -4.28. The topological polar surface area (TPSA) is 119 Å². The van der Waals surface area contributed by atoms with Crippen LogP contribution in [0.15, 0.2) is 42.6 Å². The highest BCUT2D eigenvalue weighted by atomic mass is 19.4. The van der Waals surface area contributed by atoms with Crippen molar-refractivity contribution in [1.82, 2.24) is 9.97 Å². The fourth-order valence-electron chi connectivity index (χ4n) is 6.38. The van der Waals surface area contributed by atoms with Crippen LogP contribution < -0.4 is 15.1 Å². The van der Waals surface area contributed by atoms with Crippen molar-refractivity contribution in [3.8, 4) is 0 Å². The monoisotopic (exact) mass is 719 g/mol. The molecule has 270 valence electrons. The average Bonchev–Trinajstić information content (AvgIpc) is 3.03. The minimum Gasteiger partial charge on any atom is -0.481 e. The molecule has 9 nitrogen and oxygen atoms in total. The molecule has 1 aromatic heterocycles. The molecule has 0 aliphatic carbocycles. The molecule has 3 heterocycles. The maximum absolute atomic E-state index is 13.7. The molecule has 0 saturated carbocycles. The molecule has 1 fully saturated rings. The SMILES string of the molecule is CC[C@@H]1C[C@H](Nc2ncc(Cc3cc(C(F)(F)F)cc(C(F)(F)F)c3)c(N3CCC(C(=O)O)CC3)n2)c2cc(C(F)(F)F)ccc2N1C(=O)O. The highest BCUT2D eigenvalue weighted by molar-refractivity contribution is 5.89. The van der Waals surface area contributed by atoms with Gasteiger partial charge >= 0.3 is 30.6 Å². The first-order valence-electron chi connectivity index (χ1n) is 15.4. The predicted octanol–water partition coefficient (Wildman–Crippen LogP) is 8.24. The Morgan fingerprint density at radius 3 is 2.00 bits per heavy atom. The largest absolute Gasteiger partial charge is 0.481 e. The Labute approximate surface area is 278 Å². The van der Waals surface area contributed by atoms with Crippen molar-refractivity contribution in [3.05, 3.63) is 76.0 Å². The van der Waals surface area contributed by atoms with E-state index in [2.05, 4.69) is 15.3 Å². The van der Waals surface area contributed by atoms with Gasteiger partial charge in [-0.2, -0.15) is 44.5 Å². The van der Waals surface area contributed by atoms with E-state index in [-0.39, 0.29) is 72.6 Å². The third-order valence-corrected chi connectivity index (χ3v) is 8.87. The molecular formula is C32H30F9N5O4. The van der Waals surface area contributed by atoms with E-state index in [1.54, 1.807) is 11.8 Å². The third kappa shape index (κ3) is 7.83. The van der Waals surface area contributed by atoms with Crippen molar-refractivity contribution in [2.24, 2.45) is 5.92 Å². The number of benzene rings is 2. The predicted molar refractivity (Wildman–Crippen MR) is 161 cm³/mol. The Balaban J connectivity index is 1.56. The van der Waals surface area contributed by atoms with Gasteiger partial charge in [0.25, 0.3) is 0 Å². The van der Waals surface area contributed by atoms with Crippen LogP contribution in [0.1, 0.15) is 72.0 Å². The Kier molecular flexibility index (Phi) is 9.86. The second kappa shape index (κ2) is 13.5. The molecule has 0 unspecified atom stereocenters. The van der Waals surface area contributed by atoms with E-state index in [4.69, 9.17) is 0 Å². The minimum absolute atomic E-state index is 0.00582. The van der Waals surface area contributed by atoms with Crippen LogP contribution in [0.3, 0.4) is 0 Å². The summed E-state index contributed by atoms with van der Waals surface area (Å²) >= 11 is 0. The summed E-state index contributed by atoms with van der Waals surface area (Å²) in [5.74, 6) is -1.81. The molecule has 2 aliphatic heterocycles. The number of aromatic nitrogens is 2. The fourth-order valence-corrected chi connectivity index (χ4v) is 6.38. The molecule has 2 aromatic carbocycles. The zero-order valence-corrected chi connectivity index (χ0v) is 26.1. The highest BCUT2D eigenvalue weighted by Gasteiger charge is 2.40. The van der Waals surface area contributed by atoms with Crippen molar-refractivity contribution < 1.29 is 59.3 Å². The standard InChI is InChI=1S/C32H30F9N5O4/c1-2-22-14-24(23-13-19(30(33,34)35)3-4-25(23)46(22)29(49)50)43-28-42-15-18(26(44-28)45-7-5-17(6-8-45)27(47)48)9-16-10-20(31(36,37)38)12-21(11-16)32(39,40)41/h3-4,10-13,15,17,22,24H,2,5-9,14H2,1H3,(H,47,48)(H,49,50)(H,42,43,44)/t22-,24+/m1/s1. The summed E-state index contributed by atoms with van der Waals surface area (Å²) in [6, 6.07) is 2.23. The second-order valence-corrected chi connectivity index (χ2v) is 12.2. The number of rotatable bonds is 7. The Morgan fingerprint density at radius 1 is 0.880 bits per heavy atom. The second-order valence-electron chi connectivity index (χ2n) is 12.2. The van der Waals surface area contributed by atoms with E-state index in [0.29, 0.717) is 18.6 Å². The smallest absolute Gasteiger partial charge is 0.416 e. The van der Waals surface area contributed by atoms with Crippen molar-refractivity contribution in [2.45, 2.75) is 69.6 Å². The van der Waals surface area contributed by atoms with E-state index in [9.17, 15) is 59.3 Å². The van der Waals surface area contributed by atoms with E-state index < -0.39 is 71.7 Å². The van der Waals surface area contributed by atoms with Crippen LogP contribution in [-0.4, -0.2) is 51.4 Å². The van der Waals surface area contributed by atoms with Crippen molar-refractivity contribution in [1.29, 1.82) is 0 Å². The number of carbonyl (C=O) groups is 2. The first kappa shape index (κ1) is 36.5. The maximum Gasteiger partial charge on any atom is 0.416 e. The van der Waals surface area contributed by atoms with Gasteiger partial charge in [-0.1, -0.05) is 6.92 Å². The lowest BCUT2D eigenvalue weighted by Gasteiger charge is -2.39. The summed E-state index contributed by atoms with van der Waals surface area (Å²) in [6.07, 6.45) is -15.0. The van der Waals surface area contributed by atoms with Gasteiger partial charge in [-0.05, 0) is 73.2 Å². The lowest BCUT2D eigenvalue weighted by molar-refractivity contribution is -0.144. The van der Waals surface area contributed by atoms with Crippen molar-refractivity contribution in [2.75, 3.05) is 28.2 Å². The quantitative estimate of drug-likeness (QED) is 0.209. The van der Waals surface area contributed by atoms with Crippen molar-refractivity contribution >= 4 is 29.5 Å². The van der Waals surface area contributed by atoms with Crippen molar-refractivity contribution in [3.63, 3.8) is 0 Å². The Morgan fingerprint density at radius 2 is 1.48 bits per heavy atom. The van der Waals surface area contributed by atoms with Crippen LogP contribution in [0.4, 0.5) is 61.8 Å². The number of alkyl halides is 9. The normalized spacial score (nSPS) is 18.9. The van der Waals surface area contributed by atoms with Crippen LogP contribution in [-0.2, 0) is 29.7 Å². The van der Waals surface area contributed by atoms with Crippen LogP contribution in [0.2, 0.25) is 0 Å². The van der Waals surface area contributed by atoms with Crippen LogP contribution >= 0.6 is 0 Å². The Hall–Kier alpha value is -4.77. The number of carboxylic acids is 1. The van der Waals surface area contributed by atoms with Crippen LogP contribution in [0.5, 0.6) is 0 Å². The lowest BCUT2D eigenvalue weighted by Crippen LogP contribution is -2.45. The van der Waals surface area contributed by atoms with E-state index in [1.807, 2.05) is 0 Å². The molecule has 1 amide bonds. The number of nitrogens with one attached hydrogen (secondary N) is 1. The zero-order chi connectivity index (χ0) is 36.8. The number of hydrogen-bond acceptors (Lipinski definition) is 6. The van der Waals surface area contributed by atoms with Gasteiger partial charge in [-0.3, -0.25) is 9.69 Å². The lowest BCUT2D eigenvalue weighted by atomic mass is 9.89.